The number of amides is 1. The van der Waals surface area contributed by atoms with Crippen LogP contribution < -0.4 is 5.56 Å². The Morgan fingerprint density at radius 3 is 2.76 bits per heavy atom. The fourth-order valence-corrected chi connectivity index (χ4v) is 2.91. The van der Waals surface area contributed by atoms with Gasteiger partial charge in [0.2, 0.25) is 0 Å². The van der Waals surface area contributed by atoms with E-state index in [1.54, 1.807) is 29.2 Å². The summed E-state index contributed by atoms with van der Waals surface area (Å²) in [6.45, 7) is 0.653. The second kappa shape index (κ2) is 6.01. The highest BCUT2D eigenvalue weighted by molar-refractivity contribution is 5.91. The monoisotopic (exact) mass is 339 g/mol. The van der Waals surface area contributed by atoms with Crippen LogP contribution in [-0.4, -0.2) is 27.3 Å². The van der Waals surface area contributed by atoms with E-state index in [1.807, 2.05) is 0 Å². The molecular weight excluding hydrogens is 325 g/mol. The smallest absolute Gasteiger partial charge is 0.289 e. The van der Waals surface area contributed by atoms with Crippen LogP contribution in [0.3, 0.4) is 0 Å². The number of hydrogen-bond acceptors (Lipinski definition) is 4. The molecule has 6 nitrogen and oxygen atoms in total. The second-order valence-corrected chi connectivity index (χ2v) is 5.80. The fraction of sp³-hybridized carbons (Fsp3) is 0.167. The number of carbonyl (C=O) groups is 1. The lowest BCUT2D eigenvalue weighted by Gasteiger charge is -2.27. The number of nitrogens with one attached hydrogen (secondary N) is 1. The van der Waals surface area contributed by atoms with Crippen molar-refractivity contribution in [3.63, 3.8) is 0 Å². The lowest BCUT2D eigenvalue weighted by molar-refractivity contribution is 0.0699. The van der Waals surface area contributed by atoms with Crippen LogP contribution in [0.5, 0.6) is 0 Å². The summed E-state index contributed by atoms with van der Waals surface area (Å²) in [5.74, 6) is 0.0171. The normalized spacial score (nSPS) is 13.6. The van der Waals surface area contributed by atoms with E-state index in [2.05, 4.69) is 9.97 Å². The largest absolute Gasteiger partial charge is 0.459 e. The van der Waals surface area contributed by atoms with Crippen LogP contribution >= 0.6 is 0 Å². The molecule has 126 valence electrons. The number of furan rings is 1. The van der Waals surface area contributed by atoms with Crippen molar-refractivity contribution in [1.82, 2.24) is 14.9 Å². The lowest BCUT2D eigenvalue weighted by atomic mass is 10.1. The molecule has 1 N–H and O–H groups in total. The Hall–Kier alpha value is -3.22. The van der Waals surface area contributed by atoms with Crippen molar-refractivity contribution in [2.75, 3.05) is 6.54 Å². The van der Waals surface area contributed by atoms with Crippen LogP contribution in [0.2, 0.25) is 0 Å². The van der Waals surface area contributed by atoms with Crippen molar-refractivity contribution >= 4 is 5.91 Å². The number of halogens is 1. The molecule has 1 aromatic carbocycles. The van der Waals surface area contributed by atoms with E-state index in [9.17, 15) is 14.0 Å². The molecule has 0 bridgehead atoms. The molecule has 0 saturated carbocycles. The molecule has 1 aliphatic rings. The molecule has 0 atom stereocenters. The minimum absolute atomic E-state index is 0.227. The first kappa shape index (κ1) is 15.3. The highest BCUT2D eigenvalue weighted by Crippen LogP contribution is 2.20. The quantitative estimate of drug-likeness (QED) is 0.777. The van der Waals surface area contributed by atoms with Gasteiger partial charge in [0, 0.05) is 17.7 Å². The minimum Gasteiger partial charge on any atom is -0.459 e. The van der Waals surface area contributed by atoms with Crippen molar-refractivity contribution < 1.29 is 13.6 Å². The van der Waals surface area contributed by atoms with Gasteiger partial charge in [-0.25, -0.2) is 9.37 Å². The average molecular weight is 339 g/mol. The lowest BCUT2D eigenvalue weighted by Crippen LogP contribution is -2.39. The minimum atomic E-state index is -0.362. The summed E-state index contributed by atoms with van der Waals surface area (Å²) in [7, 11) is 0. The predicted octanol–water partition coefficient (Wildman–Crippen LogP) is 2.37. The molecule has 25 heavy (non-hydrogen) atoms. The summed E-state index contributed by atoms with van der Waals surface area (Å²) < 4.78 is 18.2. The first-order chi connectivity index (χ1) is 12.1. The summed E-state index contributed by atoms with van der Waals surface area (Å²) in [6, 6.07) is 8.97. The number of aromatic nitrogens is 2. The molecular formula is C18H14FN3O3. The van der Waals surface area contributed by atoms with Crippen LogP contribution in [0.15, 0.2) is 51.9 Å². The van der Waals surface area contributed by atoms with Gasteiger partial charge >= 0.3 is 0 Å². The number of fused-ring (bicyclic) bond motifs is 1. The van der Waals surface area contributed by atoms with Crippen LogP contribution in [0.4, 0.5) is 4.39 Å². The summed E-state index contributed by atoms with van der Waals surface area (Å²) >= 11 is 0. The molecule has 1 amide bonds. The number of benzene rings is 1. The maximum atomic E-state index is 13.1. The van der Waals surface area contributed by atoms with E-state index in [0.29, 0.717) is 35.6 Å². The number of rotatable bonds is 2. The Morgan fingerprint density at radius 1 is 1.24 bits per heavy atom. The van der Waals surface area contributed by atoms with Crippen molar-refractivity contribution in [3.8, 4) is 11.4 Å². The summed E-state index contributed by atoms with van der Waals surface area (Å²) in [5, 5.41) is 0. The van der Waals surface area contributed by atoms with Gasteiger partial charge in [-0.15, -0.1) is 0 Å². The molecule has 0 aliphatic carbocycles. The number of hydrogen-bond donors (Lipinski definition) is 1. The molecule has 0 spiro atoms. The Bertz CT molecular complexity index is 978. The third-order valence-corrected chi connectivity index (χ3v) is 4.21. The van der Waals surface area contributed by atoms with Crippen molar-refractivity contribution in [1.29, 1.82) is 0 Å². The van der Waals surface area contributed by atoms with E-state index in [0.717, 1.165) is 0 Å². The molecule has 3 heterocycles. The van der Waals surface area contributed by atoms with E-state index in [1.165, 1.54) is 18.4 Å². The van der Waals surface area contributed by atoms with E-state index >= 15 is 0 Å². The Morgan fingerprint density at radius 2 is 2.04 bits per heavy atom. The van der Waals surface area contributed by atoms with Gasteiger partial charge < -0.3 is 14.3 Å². The topological polar surface area (TPSA) is 79.2 Å². The first-order valence-electron chi connectivity index (χ1n) is 7.82. The Balaban J connectivity index is 1.68. The highest BCUT2D eigenvalue weighted by Gasteiger charge is 2.26. The second-order valence-electron chi connectivity index (χ2n) is 5.80. The maximum absolute atomic E-state index is 13.1. The van der Waals surface area contributed by atoms with E-state index in [-0.39, 0.29) is 29.6 Å². The molecule has 7 heteroatoms. The third-order valence-electron chi connectivity index (χ3n) is 4.21. The number of nitrogens with zero attached hydrogens (tertiary/aromatic N) is 2. The first-order valence-corrected chi connectivity index (χ1v) is 7.82. The molecule has 1 aliphatic heterocycles. The fourth-order valence-electron chi connectivity index (χ4n) is 2.91. The summed E-state index contributed by atoms with van der Waals surface area (Å²) in [5.41, 5.74) is 1.51. The van der Waals surface area contributed by atoms with Gasteiger partial charge in [-0.3, -0.25) is 9.59 Å². The van der Waals surface area contributed by atoms with Gasteiger partial charge in [-0.05, 0) is 42.8 Å². The molecule has 0 fully saturated rings. The average Bonchev–Trinajstić information content (AvgIpc) is 3.16. The van der Waals surface area contributed by atoms with Crippen molar-refractivity contribution in [2.24, 2.45) is 0 Å². The SMILES string of the molecule is O=C(c1ccco1)N1CCc2c(nc(-c3ccc(F)cc3)[nH]c2=O)C1. The number of carbonyl (C=O) groups excluding carboxylic acids is 1. The van der Waals surface area contributed by atoms with Gasteiger partial charge in [-0.2, -0.15) is 0 Å². The molecule has 0 saturated heterocycles. The molecule has 0 unspecified atom stereocenters. The van der Waals surface area contributed by atoms with Crippen LogP contribution in [0.25, 0.3) is 11.4 Å². The van der Waals surface area contributed by atoms with Crippen molar-refractivity contribution in [2.45, 2.75) is 13.0 Å². The summed E-state index contributed by atoms with van der Waals surface area (Å²) in [4.78, 5) is 33.6. The van der Waals surface area contributed by atoms with E-state index < -0.39 is 0 Å². The zero-order chi connectivity index (χ0) is 17.4. The molecule has 4 rings (SSSR count). The zero-order valence-electron chi connectivity index (χ0n) is 13.2. The van der Waals surface area contributed by atoms with Crippen LogP contribution in [0.1, 0.15) is 21.8 Å². The highest BCUT2D eigenvalue weighted by atomic mass is 19.1. The van der Waals surface area contributed by atoms with E-state index in [4.69, 9.17) is 4.42 Å². The zero-order valence-corrected chi connectivity index (χ0v) is 13.2. The maximum Gasteiger partial charge on any atom is 0.289 e. The van der Waals surface area contributed by atoms with Gasteiger partial charge in [0.1, 0.15) is 11.6 Å². The van der Waals surface area contributed by atoms with Crippen LogP contribution in [0, 0.1) is 5.82 Å². The number of aromatic amines is 1. The third kappa shape index (κ3) is 2.84. The molecule has 2 aromatic heterocycles. The Labute approximate surface area is 141 Å². The van der Waals surface area contributed by atoms with Gasteiger partial charge in [-0.1, -0.05) is 0 Å². The summed E-state index contributed by atoms with van der Waals surface area (Å²) in [6.07, 6.45) is 1.87. The standard InChI is InChI=1S/C18H14FN3O3/c19-12-5-3-11(4-6-12)16-20-14-10-22(8-7-13(14)17(23)21-16)18(24)15-2-1-9-25-15/h1-6,9H,7-8,10H2,(H,20,21,23). The van der Waals surface area contributed by atoms with Gasteiger partial charge in [0.15, 0.2) is 5.76 Å². The molecule has 3 aromatic rings. The number of H-pyrrole nitrogens is 1. The predicted molar refractivity (Wildman–Crippen MR) is 87.4 cm³/mol. The van der Waals surface area contributed by atoms with Crippen molar-refractivity contribution in [3.05, 3.63) is 75.9 Å². The van der Waals surface area contributed by atoms with Crippen LogP contribution in [-0.2, 0) is 13.0 Å². The van der Waals surface area contributed by atoms with Gasteiger partial charge in [0.05, 0.1) is 18.5 Å². The van der Waals surface area contributed by atoms with Gasteiger partial charge in [0.25, 0.3) is 11.5 Å². The molecule has 0 radical (unpaired) electrons. The Kier molecular flexibility index (Phi) is 3.68.